The average molecular weight is 1250 g/mol. The van der Waals surface area contributed by atoms with Gasteiger partial charge in [-0.3, -0.25) is 13.9 Å². The zero-order valence-corrected chi connectivity index (χ0v) is 48.5. The van der Waals surface area contributed by atoms with Crippen molar-refractivity contribution in [2.45, 2.75) is 81.4 Å². The van der Waals surface area contributed by atoms with Crippen molar-refractivity contribution in [3.63, 3.8) is 0 Å². The highest BCUT2D eigenvalue weighted by Gasteiger charge is 2.53. The summed E-state index contributed by atoms with van der Waals surface area (Å²) >= 11 is 0. The van der Waals surface area contributed by atoms with Crippen LogP contribution in [0, 0.1) is 5.92 Å². The second-order valence-electron chi connectivity index (χ2n) is 20.6. The minimum atomic E-state index is -1.40. The molecular formula is C63H60N10O18. The Hall–Kier alpha value is -10.6. The fourth-order valence-electron chi connectivity index (χ4n) is 10.0. The molecular weight excluding hydrogens is 1180 g/mol. The van der Waals surface area contributed by atoms with Gasteiger partial charge in [0.25, 0.3) is 0 Å². The number of hydrogen-bond donors (Lipinski definition) is 5. The number of nitrogen functional groups attached to an aromatic ring is 2. The van der Waals surface area contributed by atoms with Crippen LogP contribution in [0.15, 0.2) is 177 Å². The summed E-state index contributed by atoms with van der Waals surface area (Å²) in [4.78, 5) is 99.9. The molecule has 0 radical (unpaired) electrons. The van der Waals surface area contributed by atoms with Crippen molar-refractivity contribution in [2.75, 3.05) is 31.3 Å². The molecule has 3 saturated heterocycles. The van der Waals surface area contributed by atoms with Gasteiger partial charge in [-0.1, -0.05) is 97.9 Å². The minimum Gasteiger partial charge on any atom is -0.459 e. The summed E-state index contributed by atoms with van der Waals surface area (Å²) in [6.45, 7) is 2.19. The summed E-state index contributed by atoms with van der Waals surface area (Å²) in [5.74, 6) is -3.65. The molecule has 3 aliphatic rings. The van der Waals surface area contributed by atoms with E-state index < -0.39 is 110 Å². The first-order valence-corrected chi connectivity index (χ1v) is 28.3. The van der Waals surface area contributed by atoms with E-state index in [1.54, 1.807) is 150 Å². The number of benzene rings is 5. The van der Waals surface area contributed by atoms with Gasteiger partial charge in [-0.15, -0.1) is 0 Å². The van der Waals surface area contributed by atoms with Gasteiger partial charge in [0.15, 0.2) is 35.3 Å². The van der Waals surface area contributed by atoms with Crippen LogP contribution in [0.25, 0.3) is 22.3 Å². The molecule has 7 N–H and O–H groups in total. The topological polar surface area (TPSA) is 385 Å². The Morgan fingerprint density at radius 1 is 0.462 bits per heavy atom. The van der Waals surface area contributed by atoms with Gasteiger partial charge in [-0.25, -0.2) is 53.9 Å². The van der Waals surface area contributed by atoms with Crippen molar-refractivity contribution >= 4 is 69.8 Å². The van der Waals surface area contributed by atoms with E-state index in [0.717, 1.165) is 6.92 Å². The third kappa shape index (κ3) is 14.8. The van der Waals surface area contributed by atoms with Crippen molar-refractivity contribution in [1.29, 1.82) is 0 Å². The monoisotopic (exact) mass is 1240 g/mol. The van der Waals surface area contributed by atoms with E-state index in [1.165, 1.54) is 23.5 Å². The van der Waals surface area contributed by atoms with Crippen molar-refractivity contribution in [1.82, 2.24) is 39.0 Å². The summed E-state index contributed by atoms with van der Waals surface area (Å²) in [7, 11) is 0. The number of nitrogens with two attached hydrogens (primary N) is 2. The maximum atomic E-state index is 12.9. The van der Waals surface area contributed by atoms with Crippen LogP contribution < -0.4 is 11.5 Å². The van der Waals surface area contributed by atoms with Crippen molar-refractivity contribution in [3.05, 3.63) is 205 Å². The Bertz CT molecular complexity index is 3970. The minimum absolute atomic E-state index is 0.106. The zero-order valence-electron chi connectivity index (χ0n) is 48.5. The number of fused-ring (bicyclic) bond motifs is 2. The molecule has 470 valence electrons. The van der Waals surface area contributed by atoms with Gasteiger partial charge >= 0.3 is 35.8 Å². The molecule has 4 aromatic heterocycles. The number of anilines is 2. The number of carbonyl (C=O) groups excluding carboxylic acids is 6. The quantitative estimate of drug-likeness (QED) is 0.0650. The van der Waals surface area contributed by atoms with Crippen LogP contribution in [-0.2, 0) is 47.4 Å². The molecule has 3 fully saturated rings. The van der Waals surface area contributed by atoms with Crippen LogP contribution in [0.4, 0.5) is 11.6 Å². The molecule has 9 aromatic rings. The van der Waals surface area contributed by atoms with Crippen molar-refractivity contribution in [3.8, 4) is 0 Å². The highest BCUT2D eigenvalue weighted by molar-refractivity contribution is 5.92. The Labute approximate surface area is 517 Å². The van der Waals surface area contributed by atoms with Gasteiger partial charge in [-0.2, -0.15) is 0 Å². The number of ether oxygens (including phenoxy) is 9. The Balaban J connectivity index is 0.000000157. The maximum Gasteiger partial charge on any atom is 0.338 e. The molecule has 5 aromatic carbocycles. The van der Waals surface area contributed by atoms with E-state index in [-0.39, 0.29) is 41.9 Å². The number of esters is 6. The lowest BCUT2D eigenvalue weighted by Crippen LogP contribution is -2.42. The largest absolute Gasteiger partial charge is 0.459 e. The number of carbonyl (C=O) groups is 6. The summed E-state index contributed by atoms with van der Waals surface area (Å²) in [5.41, 5.74) is 14.9. The normalized spacial score (nSPS) is 23.1. The highest BCUT2D eigenvalue weighted by atomic mass is 16.8. The van der Waals surface area contributed by atoms with E-state index >= 15 is 0 Å². The predicted octanol–water partition coefficient (Wildman–Crippen LogP) is 4.63. The fourth-order valence-corrected chi connectivity index (χ4v) is 10.0. The van der Waals surface area contributed by atoms with Crippen molar-refractivity contribution in [2.24, 2.45) is 5.92 Å². The number of aliphatic hydroxyl groups is 3. The van der Waals surface area contributed by atoms with Gasteiger partial charge in [0.2, 0.25) is 12.4 Å². The number of nitrogens with zero attached hydrogens (tertiary/aromatic N) is 8. The lowest BCUT2D eigenvalue weighted by Gasteiger charge is -2.24. The Morgan fingerprint density at radius 3 is 1.24 bits per heavy atom. The number of aromatic nitrogens is 8. The smallest absolute Gasteiger partial charge is 0.338 e. The molecule has 12 rings (SSSR count). The summed E-state index contributed by atoms with van der Waals surface area (Å²) in [6.07, 6.45) is -5.61. The molecule has 3 unspecified atom stereocenters. The summed E-state index contributed by atoms with van der Waals surface area (Å²) in [6, 6.07) is 41.9. The first kappa shape index (κ1) is 63.4. The molecule has 0 amide bonds. The SMILES string of the molecule is CC(=O)O[C@H]1O[C@@H](COC(=O)c2ccccc2)[C@@H](OC(=O)c2ccccc2)C1OC(=O)c1ccccc1.CC1[C@H](OC(=O)c2ccccc2)[C@H](COC(=O)c2ccccc2)O[C@@H]1n1cnc2c(N)ncnc21.Nc1ncnc2c1ncn2[C@H]1O[C@@H](CO)[C@@H](O)C1O. The second-order valence-corrected chi connectivity index (χ2v) is 20.6. The molecule has 28 nitrogen and oxygen atoms in total. The average Bonchev–Trinajstić information content (AvgIpc) is 1.66. The fraction of sp³-hybridized carbons (Fsp3) is 0.270. The predicted molar refractivity (Wildman–Crippen MR) is 316 cm³/mol. The summed E-state index contributed by atoms with van der Waals surface area (Å²) in [5, 5.41) is 28.7. The van der Waals surface area contributed by atoms with Gasteiger partial charge in [0.05, 0.1) is 47.1 Å². The molecule has 12 atom stereocenters. The van der Waals surface area contributed by atoms with Crippen LogP contribution in [-0.4, -0.2) is 165 Å². The molecule has 28 heteroatoms. The van der Waals surface area contributed by atoms with Crippen LogP contribution in [0.1, 0.15) is 78.1 Å². The van der Waals surface area contributed by atoms with E-state index in [1.807, 2.05) is 19.1 Å². The zero-order chi connectivity index (χ0) is 64.1. The molecule has 0 spiro atoms. The molecule has 0 saturated carbocycles. The van der Waals surface area contributed by atoms with Gasteiger partial charge in [-0.05, 0) is 60.7 Å². The number of imidazole rings is 2. The Kier molecular flexibility index (Phi) is 20.3. The lowest BCUT2D eigenvalue weighted by atomic mass is 10.0. The summed E-state index contributed by atoms with van der Waals surface area (Å²) < 4.78 is 54.0. The maximum absolute atomic E-state index is 12.9. The van der Waals surface area contributed by atoms with Gasteiger partial charge < -0.3 is 69.4 Å². The van der Waals surface area contributed by atoms with E-state index in [4.69, 9.17) is 59.2 Å². The third-order valence-electron chi connectivity index (χ3n) is 14.6. The number of hydrogen-bond acceptors (Lipinski definition) is 26. The molecule has 3 aliphatic heterocycles. The van der Waals surface area contributed by atoms with E-state index in [0.29, 0.717) is 39.0 Å². The van der Waals surface area contributed by atoms with Crippen LogP contribution in [0.3, 0.4) is 0 Å². The lowest BCUT2D eigenvalue weighted by molar-refractivity contribution is -0.188. The number of rotatable bonds is 16. The highest BCUT2D eigenvalue weighted by Crippen LogP contribution is 2.39. The molecule has 0 aliphatic carbocycles. The second kappa shape index (κ2) is 29.1. The Morgan fingerprint density at radius 2 is 0.835 bits per heavy atom. The number of aliphatic hydroxyl groups excluding tert-OH is 3. The molecule has 91 heavy (non-hydrogen) atoms. The molecule has 7 heterocycles. The third-order valence-corrected chi connectivity index (χ3v) is 14.6. The first-order valence-electron chi connectivity index (χ1n) is 28.3. The van der Waals surface area contributed by atoms with Gasteiger partial charge in [0.1, 0.15) is 79.8 Å². The van der Waals surface area contributed by atoms with Crippen LogP contribution >= 0.6 is 0 Å². The van der Waals surface area contributed by atoms with E-state index in [9.17, 15) is 39.0 Å². The first-order chi connectivity index (χ1) is 44.1. The molecule has 0 bridgehead atoms. The van der Waals surface area contributed by atoms with Crippen LogP contribution in [0.2, 0.25) is 0 Å². The van der Waals surface area contributed by atoms with Gasteiger partial charge in [0, 0.05) is 12.8 Å². The van der Waals surface area contributed by atoms with E-state index in [2.05, 4.69) is 29.9 Å². The van der Waals surface area contributed by atoms with Crippen molar-refractivity contribution < 1.29 is 86.7 Å². The van der Waals surface area contributed by atoms with Crippen LogP contribution in [0.5, 0.6) is 0 Å². The standard InChI is InChI=1S/C28H24O9.C25H23N5O5.C10H13N5O4/c1-18(29)34-28-24(37-27(32)21-15-9-4-10-16-21)23(36-26(31)20-13-7-3-8-14-20)22(35-28)17-33-25(30)19-11-5-2-6-12-19;1-15-20(35-25(32)17-10-6-3-7-11-17)18(12-33-24(31)16-8-4-2-5-9-16)34-23(15)30-14-29-19-21(26)27-13-28-22(19)30;11-8-5-9(13-2-12-8)15(3-14-5)10-7(18)6(17)4(1-16)19-10/h2-16,22-24,28H,17H2,1H3;2-11,13-15,18,20,23H,12H2,1H3,(H2,26,27,28);2-4,6-7,10,16-18H,1H2,(H2,11,12,13)/t22-,23+,24?,28-;15?,18-,20-,23-;4-,6+,7?,10-/m000/s1.